The topological polar surface area (TPSA) is 118 Å². The van der Waals surface area contributed by atoms with Crippen molar-refractivity contribution < 1.29 is 28.2 Å². The van der Waals surface area contributed by atoms with E-state index in [0.29, 0.717) is 43.9 Å². The van der Waals surface area contributed by atoms with E-state index in [1.165, 1.54) is 24.3 Å². The molecule has 2 aliphatic rings. The number of cyclic esters (lactones) is 1. The average molecular weight is 526 g/mol. The quantitative estimate of drug-likeness (QED) is 0.301. The second-order valence-electron chi connectivity index (χ2n) is 9.17. The lowest BCUT2D eigenvalue weighted by Gasteiger charge is -2.35. The van der Waals surface area contributed by atoms with Crippen LogP contribution in [-0.4, -0.2) is 92.1 Å². The summed E-state index contributed by atoms with van der Waals surface area (Å²) in [4.78, 5) is 46.4. The van der Waals surface area contributed by atoms with Gasteiger partial charge in [-0.05, 0) is 55.5 Å². The number of esters is 1. The lowest BCUT2D eigenvalue weighted by molar-refractivity contribution is -0.143. The molecule has 2 saturated heterocycles. The third-order valence-corrected chi connectivity index (χ3v) is 6.53. The van der Waals surface area contributed by atoms with Gasteiger partial charge < -0.3 is 20.1 Å². The van der Waals surface area contributed by atoms with E-state index in [1.54, 1.807) is 36.1 Å². The highest BCUT2D eigenvalue weighted by molar-refractivity contribution is 6.09. The second kappa shape index (κ2) is 12.6. The van der Waals surface area contributed by atoms with Crippen molar-refractivity contribution in [2.45, 2.75) is 19.4 Å². The molecule has 2 amide bonds. The van der Waals surface area contributed by atoms with Gasteiger partial charge in [-0.2, -0.15) is 4.99 Å². The van der Waals surface area contributed by atoms with Gasteiger partial charge in [-0.15, -0.1) is 0 Å². The Morgan fingerprint density at radius 1 is 1.03 bits per heavy atom. The average Bonchev–Trinajstić information content (AvgIpc) is 3.28. The molecular weight excluding hydrogens is 493 g/mol. The van der Waals surface area contributed by atoms with Crippen molar-refractivity contribution in [2.75, 3.05) is 57.3 Å². The summed E-state index contributed by atoms with van der Waals surface area (Å²) in [6.45, 7) is 7.31. The van der Waals surface area contributed by atoms with Crippen LogP contribution in [0.1, 0.15) is 29.3 Å². The molecule has 202 valence electrons. The lowest BCUT2D eigenvalue weighted by Crippen LogP contribution is -2.49. The Morgan fingerprint density at radius 3 is 2.32 bits per heavy atom. The highest BCUT2D eigenvalue weighted by atomic mass is 19.1. The summed E-state index contributed by atoms with van der Waals surface area (Å²) < 4.78 is 23.7. The van der Waals surface area contributed by atoms with Gasteiger partial charge in [-0.1, -0.05) is 0 Å². The molecule has 10 nitrogen and oxygen atoms in total. The number of carbonyl (C=O) groups is 3. The number of halogens is 1. The van der Waals surface area contributed by atoms with Crippen LogP contribution in [0.4, 0.5) is 14.9 Å². The van der Waals surface area contributed by atoms with Gasteiger partial charge in [0, 0.05) is 56.1 Å². The Morgan fingerprint density at radius 2 is 1.66 bits per heavy atom. The highest BCUT2D eigenvalue weighted by Crippen LogP contribution is 2.23. The molecule has 0 aromatic heterocycles. The van der Waals surface area contributed by atoms with Crippen molar-refractivity contribution >= 4 is 29.5 Å². The molecule has 0 saturated carbocycles. The van der Waals surface area contributed by atoms with Crippen molar-refractivity contribution in [3.8, 4) is 0 Å². The Kier molecular flexibility index (Phi) is 9.03. The van der Waals surface area contributed by atoms with Gasteiger partial charge >= 0.3 is 12.1 Å². The van der Waals surface area contributed by atoms with E-state index in [9.17, 15) is 18.8 Å². The minimum absolute atomic E-state index is 0.0224. The van der Waals surface area contributed by atoms with Gasteiger partial charge in [0.2, 0.25) is 0 Å². The fraction of sp³-hybridized carbons (Fsp3) is 0.407. The van der Waals surface area contributed by atoms with Crippen LogP contribution in [0.15, 0.2) is 53.5 Å². The molecule has 1 atom stereocenters. The van der Waals surface area contributed by atoms with Gasteiger partial charge in [0.15, 0.2) is 0 Å². The molecule has 38 heavy (non-hydrogen) atoms. The summed E-state index contributed by atoms with van der Waals surface area (Å²) in [5.74, 6) is -1.16. The van der Waals surface area contributed by atoms with Gasteiger partial charge in [-0.25, -0.2) is 9.18 Å². The maximum absolute atomic E-state index is 13.1. The Bertz CT molecular complexity index is 1160. The number of hydrogen-bond donors (Lipinski definition) is 1. The number of anilines is 1. The molecule has 2 aromatic carbocycles. The van der Waals surface area contributed by atoms with Crippen molar-refractivity contribution in [3.05, 3.63) is 65.5 Å². The standard InChI is InChI=1S/C27H32FN5O5/c1-2-37-24(34)11-12-31-13-15-32(16-14-31)17-23-18-33(27(36)38-23)22-9-5-19(6-10-22)25(29)30-26(35)20-3-7-21(28)8-4-20/h3-10,23H,2,11-18H2,1H3,(H2,29,30,35). The Labute approximate surface area is 220 Å². The molecule has 0 spiro atoms. The molecule has 11 heteroatoms. The summed E-state index contributed by atoms with van der Waals surface area (Å²) in [5.41, 5.74) is 7.40. The molecule has 2 aromatic rings. The van der Waals surface area contributed by atoms with Crippen LogP contribution in [0, 0.1) is 5.82 Å². The van der Waals surface area contributed by atoms with Gasteiger partial charge in [0.25, 0.3) is 5.91 Å². The zero-order chi connectivity index (χ0) is 27.1. The van der Waals surface area contributed by atoms with Crippen LogP contribution in [0.25, 0.3) is 0 Å². The zero-order valence-corrected chi connectivity index (χ0v) is 21.3. The van der Waals surface area contributed by atoms with E-state index in [-0.39, 0.29) is 23.5 Å². The normalized spacial score (nSPS) is 18.9. The van der Waals surface area contributed by atoms with E-state index in [4.69, 9.17) is 15.2 Å². The van der Waals surface area contributed by atoms with Crippen LogP contribution in [-0.2, 0) is 14.3 Å². The smallest absolute Gasteiger partial charge is 0.414 e. The second-order valence-corrected chi connectivity index (χ2v) is 9.17. The maximum atomic E-state index is 13.1. The maximum Gasteiger partial charge on any atom is 0.414 e. The number of aliphatic imine (C=N–C) groups is 1. The number of ether oxygens (including phenoxy) is 2. The predicted molar refractivity (Wildman–Crippen MR) is 140 cm³/mol. The van der Waals surface area contributed by atoms with Gasteiger partial charge in [-0.3, -0.25) is 19.4 Å². The number of amidine groups is 1. The molecule has 2 N–H and O–H groups in total. The number of nitrogens with zero attached hydrogens (tertiary/aromatic N) is 4. The van der Waals surface area contributed by atoms with E-state index in [0.717, 1.165) is 26.2 Å². The van der Waals surface area contributed by atoms with Crippen molar-refractivity contribution in [2.24, 2.45) is 10.7 Å². The molecule has 0 aliphatic carbocycles. The molecule has 2 aliphatic heterocycles. The third-order valence-electron chi connectivity index (χ3n) is 6.53. The van der Waals surface area contributed by atoms with Gasteiger partial charge in [0.1, 0.15) is 17.8 Å². The number of hydrogen-bond acceptors (Lipinski definition) is 7. The largest absolute Gasteiger partial charge is 0.466 e. The summed E-state index contributed by atoms with van der Waals surface area (Å²) in [5, 5.41) is 0. The summed E-state index contributed by atoms with van der Waals surface area (Å²) in [7, 11) is 0. The Balaban J connectivity index is 1.26. The molecular formula is C27H32FN5O5. The molecule has 0 radical (unpaired) electrons. The number of nitrogens with two attached hydrogens (primary N) is 1. The summed E-state index contributed by atoms with van der Waals surface area (Å²) in [6.07, 6.45) is -0.277. The lowest BCUT2D eigenvalue weighted by atomic mass is 10.1. The summed E-state index contributed by atoms with van der Waals surface area (Å²) >= 11 is 0. The fourth-order valence-electron chi connectivity index (χ4n) is 4.44. The molecule has 4 rings (SSSR count). The van der Waals surface area contributed by atoms with Crippen LogP contribution in [0.3, 0.4) is 0 Å². The van der Waals surface area contributed by atoms with Crippen molar-refractivity contribution in [1.29, 1.82) is 0 Å². The molecule has 2 fully saturated rings. The third kappa shape index (κ3) is 7.14. The predicted octanol–water partition coefficient (Wildman–Crippen LogP) is 2.27. The number of carbonyl (C=O) groups excluding carboxylic acids is 3. The van der Waals surface area contributed by atoms with E-state index in [1.807, 2.05) is 0 Å². The van der Waals surface area contributed by atoms with Crippen LogP contribution in [0.2, 0.25) is 0 Å². The minimum Gasteiger partial charge on any atom is -0.466 e. The number of rotatable bonds is 9. The zero-order valence-electron chi connectivity index (χ0n) is 21.3. The number of benzene rings is 2. The van der Waals surface area contributed by atoms with Crippen LogP contribution >= 0.6 is 0 Å². The number of amides is 2. The molecule has 1 unspecified atom stereocenters. The van der Waals surface area contributed by atoms with E-state index >= 15 is 0 Å². The SMILES string of the molecule is CCOC(=O)CCN1CCN(CC2CN(c3ccc(C(N)=NC(=O)c4ccc(F)cc4)cc3)C(=O)O2)CC1. The van der Waals surface area contributed by atoms with Crippen molar-refractivity contribution in [3.63, 3.8) is 0 Å². The van der Waals surface area contributed by atoms with E-state index in [2.05, 4.69) is 14.8 Å². The monoisotopic (exact) mass is 525 g/mol. The number of piperazine rings is 1. The van der Waals surface area contributed by atoms with Crippen molar-refractivity contribution in [1.82, 2.24) is 9.80 Å². The van der Waals surface area contributed by atoms with Crippen LogP contribution in [0.5, 0.6) is 0 Å². The minimum atomic E-state index is -0.572. The first-order valence-corrected chi connectivity index (χ1v) is 12.7. The first kappa shape index (κ1) is 27.2. The summed E-state index contributed by atoms with van der Waals surface area (Å²) in [6, 6.07) is 11.9. The van der Waals surface area contributed by atoms with Crippen LogP contribution < -0.4 is 10.6 Å². The first-order valence-electron chi connectivity index (χ1n) is 12.7. The Hall–Kier alpha value is -3.83. The first-order chi connectivity index (χ1) is 18.3. The van der Waals surface area contributed by atoms with E-state index < -0.39 is 17.8 Å². The molecule has 2 heterocycles. The molecule has 0 bridgehead atoms. The van der Waals surface area contributed by atoms with Gasteiger partial charge in [0.05, 0.1) is 19.6 Å². The fourth-order valence-corrected chi connectivity index (χ4v) is 4.44. The highest BCUT2D eigenvalue weighted by Gasteiger charge is 2.34.